The van der Waals surface area contributed by atoms with Gasteiger partial charge in [0, 0.05) is 18.1 Å². The predicted octanol–water partition coefficient (Wildman–Crippen LogP) is 2.39. The second-order valence-corrected chi connectivity index (χ2v) is 3.85. The molecule has 1 rings (SSSR count). The van der Waals surface area contributed by atoms with Crippen LogP contribution in [0.25, 0.3) is 0 Å². The van der Waals surface area contributed by atoms with E-state index in [1.165, 1.54) is 18.2 Å². The third-order valence-electron chi connectivity index (χ3n) is 2.28. The van der Waals surface area contributed by atoms with Gasteiger partial charge < -0.3 is 5.11 Å². The molecular formula is C10H10ClNO4. The average Bonchev–Trinajstić information content (AvgIpc) is 2.27. The quantitative estimate of drug-likeness (QED) is 0.500. The minimum atomic E-state index is -1.14. The first-order valence-electron chi connectivity index (χ1n) is 4.54. The van der Waals surface area contributed by atoms with E-state index in [9.17, 15) is 14.9 Å². The first-order valence-corrected chi connectivity index (χ1v) is 4.98. The highest BCUT2D eigenvalue weighted by atomic mass is 35.5. The van der Waals surface area contributed by atoms with Gasteiger partial charge in [0.05, 0.1) is 4.92 Å². The van der Waals surface area contributed by atoms with Crippen molar-refractivity contribution < 1.29 is 14.8 Å². The largest absolute Gasteiger partial charge is 0.480 e. The lowest BCUT2D eigenvalue weighted by Gasteiger charge is -2.14. The number of nitro benzene ring substituents is 1. The predicted molar refractivity (Wildman–Crippen MR) is 58.8 cm³/mol. The standard InChI is InChI=1S/C10H10ClNO4/c1-6(9(11)10(13)14)7-3-2-4-8(5-7)12(15)16/h2-6,9H,1H3,(H,13,14)/t6-,9-/m0/s1. The number of rotatable bonds is 4. The number of nitrogens with zero attached hydrogens (tertiary/aromatic N) is 1. The minimum Gasteiger partial charge on any atom is -0.480 e. The van der Waals surface area contributed by atoms with Crippen LogP contribution in [0.4, 0.5) is 5.69 Å². The molecule has 0 spiro atoms. The van der Waals surface area contributed by atoms with Gasteiger partial charge in [0.25, 0.3) is 5.69 Å². The summed E-state index contributed by atoms with van der Waals surface area (Å²) in [6.45, 7) is 1.62. The summed E-state index contributed by atoms with van der Waals surface area (Å²) in [6, 6.07) is 5.81. The Bertz CT molecular complexity index is 421. The van der Waals surface area contributed by atoms with Crippen molar-refractivity contribution in [2.24, 2.45) is 0 Å². The maximum Gasteiger partial charge on any atom is 0.322 e. The van der Waals surface area contributed by atoms with E-state index in [2.05, 4.69) is 0 Å². The molecule has 5 nitrogen and oxygen atoms in total. The van der Waals surface area contributed by atoms with Crippen LogP contribution in [0.5, 0.6) is 0 Å². The van der Waals surface area contributed by atoms with Crippen LogP contribution in [0.1, 0.15) is 18.4 Å². The highest BCUT2D eigenvalue weighted by molar-refractivity contribution is 6.30. The molecule has 0 saturated carbocycles. The molecule has 16 heavy (non-hydrogen) atoms. The zero-order valence-electron chi connectivity index (χ0n) is 8.46. The summed E-state index contributed by atoms with van der Waals surface area (Å²) in [7, 11) is 0. The summed E-state index contributed by atoms with van der Waals surface area (Å²) < 4.78 is 0. The second-order valence-electron chi connectivity index (χ2n) is 3.38. The van der Waals surface area contributed by atoms with E-state index in [1.54, 1.807) is 13.0 Å². The van der Waals surface area contributed by atoms with Crippen LogP contribution in [-0.2, 0) is 4.79 Å². The SMILES string of the molecule is C[C@@H](c1cccc([N+](=O)[O-])c1)[C@H](Cl)C(=O)O. The number of hydrogen-bond donors (Lipinski definition) is 1. The van der Waals surface area contributed by atoms with E-state index in [-0.39, 0.29) is 5.69 Å². The summed E-state index contributed by atoms with van der Waals surface area (Å²) in [5.74, 6) is -1.63. The second kappa shape index (κ2) is 4.94. The number of halogens is 1. The monoisotopic (exact) mass is 243 g/mol. The summed E-state index contributed by atoms with van der Waals surface area (Å²) in [5.41, 5.74) is 0.468. The third-order valence-corrected chi connectivity index (χ3v) is 2.85. The number of carbonyl (C=O) groups is 1. The first kappa shape index (κ1) is 12.4. The van der Waals surface area contributed by atoms with Crippen LogP contribution in [0.2, 0.25) is 0 Å². The summed E-state index contributed by atoms with van der Waals surface area (Å²) >= 11 is 5.66. The molecule has 0 fully saturated rings. The Balaban J connectivity index is 3.00. The molecule has 0 heterocycles. The van der Waals surface area contributed by atoms with Gasteiger partial charge in [-0.15, -0.1) is 11.6 Å². The fourth-order valence-electron chi connectivity index (χ4n) is 1.30. The van der Waals surface area contributed by atoms with Gasteiger partial charge in [0.2, 0.25) is 0 Å². The number of alkyl halides is 1. The molecule has 6 heteroatoms. The number of aliphatic carboxylic acids is 1. The molecule has 0 bridgehead atoms. The van der Waals surface area contributed by atoms with Crippen molar-refractivity contribution in [2.75, 3.05) is 0 Å². The molecule has 1 aromatic carbocycles. The van der Waals surface area contributed by atoms with Crippen molar-refractivity contribution in [3.05, 3.63) is 39.9 Å². The topological polar surface area (TPSA) is 80.4 Å². The molecule has 0 aliphatic heterocycles. The van der Waals surface area contributed by atoms with E-state index in [0.29, 0.717) is 5.56 Å². The van der Waals surface area contributed by atoms with E-state index >= 15 is 0 Å². The van der Waals surface area contributed by atoms with Gasteiger partial charge in [-0.3, -0.25) is 14.9 Å². The molecule has 86 valence electrons. The van der Waals surface area contributed by atoms with Crippen LogP contribution in [-0.4, -0.2) is 21.4 Å². The molecule has 0 radical (unpaired) electrons. The minimum absolute atomic E-state index is 0.0707. The van der Waals surface area contributed by atoms with E-state index in [4.69, 9.17) is 16.7 Å². The van der Waals surface area contributed by atoms with Crippen molar-refractivity contribution in [1.29, 1.82) is 0 Å². The molecule has 1 N–H and O–H groups in total. The summed E-state index contributed by atoms with van der Waals surface area (Å²) in [5, 5.41) is 18.2. The van der Waals surface area contributed by atoms with Crippen LogP contribution in [0.3, 0.4) is 0 Å². The zero-order chi connectivity index (χ0) is 12.3. The number of carboxylic acids is 1. The van der Waals surface area contributed by atoms with Gasteiger partial charge >= 0.3 is 5.97 Å². The van der Waals surface area contributed by atoms with Crippen molar-refractivity contribution >= 4 is 23.3 Å². The Morgan fingerprint density at radius 2 is 2.19 bits per heavy atom. The molecule has 0 saturated heterocycles. The third kappa shape index (κ3) is 2.70. The van der Waals surface area contributed by atoms with Crippen molar-refractivity contribution in [3.8, 4) is 0 Å². The van der Waals surface area contributed by atoms with Crippen LogP contribution in [0.15, 0.2) is 24.3 Å². The van der Waals surface area contributed by atoms with E-state index in [1.807, 2.05) is 0 Å². The van der Waals surface area contributed by atoms with Gasteiger partial charge in [-0.05, 0) is 5.56 Å². The van der Waals surface area contributed by atoms with E-state index < -0.39 is 22.2 Å². The first-order chi connectivity index (χ1) is 7.43. The van der Waals surface area contributed by atoms with Crippen molar-refractivity contribution in [2.45, 2.75) is 18.2 Å². The Kier molecular flexibility index (Phi) is 3.84. The molecule has 0 aromatic heterocycles. The lowest BCUT2D eigenvalue weighted by molar-refractivity contribution is -0.384. The lowest BCUT2D eigenvalue weighted by Crippen LogP contribution is -2.20. The Hall–Kier alpha value is -1.62. The van der Waals surface area contributed by atoms with Crippen LogP contribution < -0.4 is 0 Å². The number of hydrogen-bond acceptors (Lipinski definition) is 3. The molecule has 0 unspecified atom stereocenters. The number of non-ortho nitro benzene ring substituents is 1. The normalized spacial score (nSPS) is 14.1. The molecule has 2 atom stereocenters. The van der Waals surface area contributed by atoms with Gasteiger partial charge in [-0.2, -0.15) is 0 Å². The maximum atomic E-state index is 10.7. The summed E-state index contributed by atoms with van der Waals surface area (Å²) in [6.07, 6.45) is 0. The fraction of sp³-hybridized carbons (Fsp3) is 0.300. The van der Waals surface area contributed by atoms with Gasteiger partial charge in [-0.1, -0.05) is 19.1 Å². The Labute approximate surface area is 96.8 Å². The lowest BCUT2D eigenvalue weighted by atomic mass is 9.97. The molecule has 1 aromatic rings. The summed E-state index contributed by atoms with van der Waals surface area (Å²) in [4.78, 5) is 20.7. The Morgan fingerprint density at radius 3 is 2.69 bits per heavy atom. The average molecular weight is 244 g/mol. The van der Waals surface area contributed by atoms with Gasteiger partial charge in [-0.25, -0.2) is 0 Å². The van der Waals surface area contributed by atoms with Gasteiger partial charge in [0.1, 0.15) is 5.38 Å². The fourth-order valence-corrected chi connectivity index (χ4v) is 1.45. The molecule has 0 aliphatic carbocycles. The number of benzene rings is 1. The highest BCUT2D eigenvalue weighted by Crippen LogP contribution is 2.26. The van der Waals surface area contributed by atoms with Crippen LogP contribution in [0, 0.1) is 10.1 Å². The molecule has 0 aliphatic rings. The van der Waals surface area contributed by atoms with Gasteiger partial charge in [0.15, 0.2) is 0 Å². The maximum absolute atomic E-state index is 10.7. The van der Waals surface area contributed by atoms with Crippen molar-refractivity contribution in [1.82, 2.24) is 0 Å². The van der Waals surface area contributed by atoms with Crippen molar-refractivity contribution in [3.63, 3.8) is 0 Å². The smallest absolute Gasteiger partial charge is 0.322 e. The van der Waals surface area contributed by atoms with Crippen LogP contribution >= 0.6 is 11.6 Å². The zero-order valence-corrected chi connectivity index (χ0v) is 9.22. The Morgan fingerprint density at radius 1 is 1.56 bits per heavy atom. The van der Waals surface area contributed by atoms with E-state index in [0.717, 1.165) is 0 Å². The number of nitro groups is 1. The molecular weight excluding hydrogens is 234 g/mol. The number of carboxylic acid groups (broad SMARTS) is 1. The highest BCUT2D eigenvalue weighted by Gasteiger charge is 2.24. The molecule has 0 amide bonds.